The minimum Gasteiger partial charge on any atom is -0.345 e. The molecule has 0 saturated heterocycles. The van der Waals surface area contributed by atoms with E-state index in [1.165, 1.54) is 29.5 Å². The molecule has 0 saturated carbocycles. The number of amides is 1. The van der Waals surface area contributed by atoms with Gasteiger partial charge in [0, 0.05) is 11.1 Å². The van der Waals surface area contributed by atoms with E-state index in [0.717, 1.165) is 5.56 Å². The van der Waals surface area contributed by atoms with Crippen LogP contribution in [0.25, 0.3) is 0 Å². The lowest BCUT2D eigenvalue weighted by molar-refractivity contribution is -0.385. The van der Waals surface area contributed by atoms with Gasteiger partial charge in [0.1, 0.15) is 5.56 Å². The highest BCUT2D eigenvalue weighted by atomic mass is 35.5. The van der Waals surface area contributed by atoms with Crippen LogP contribution in [0.3, 0.4) is 0 Å². The van der Waals surface area contributed by atoms with E-state index >= 15 is 0 Å². The third kappa shape index (κ3) is 3.15. The van der Waals surface area contributed by atoms with Gasteiger partial charge in [0.2, 0.25) is 0 Å². The fraction of sp³-hybridized carbons (Fsp3) is 0.154. The van der Waals surface area contributed by atoms with Crippen LogP contribution in [0.1, 0.15) is 28.9 Å². The molecule has 104 valence electrons. The Labute approximate surface area is 124 Å². The molecule has 5 nitrogen and oxygen atoms in total. The smallest absolute Gasteiger partial charge is 0.282 e. The van der Waals surface area contributed by atoms with Gasteiger partial charge in [-0.3, -0.25) is 14.9 Å². The predicted octanol–water partition coefficient (Wildman–Crippen LogP) is 3.80. The molecule has 0 aliphatic carbocycles. The largest absolute Gasteiger partial charge is 0.345 e. The summed E-state index contributed by atoms with van der Waals surface area (Å²) in [7, 11) is 0. The van der Waals surface area contributed by atoms with Crippen LogP contribution < -0.4 is 5.32 Å². The molecule has 0 aliphatic rings. The van der Waals surface area contributed by atoms with Gasteiger partial charge in [0.05, 0.1) is 11.0 Å². The number of nitrogens with one attached hydrogen (secondary N) is 1. The van der Waals surface area contributed by atoms with Gasteiger partial charge in [-0.1, -0.05) is 11.6 Å². The molecule has 2 aromatic rings. The predicted molar refractivity (Wildman–Crippen MR) is 78.3 cm³/mol. The quantitative estimate of drug-likeness (QED) is 0.689. The minimum atomic E-state index is -0.597. The Kier molecular flexibility index (Phi) is 4.36. The van der Waals surface area contributed by atoms with Gasteiger partial charge in [-0.15, -0.1) is 0 Å². The first-order valence-electron chi connectivity index (χ1n) is 5.76. The van der Waals surface area contributed by atoms with E-state index in [2.05, 4.69) is 5.32 Å². The van der Waals surface area contributed by atoms with Gasteiger partial charge < -0.3 is 5.32 Å². The Morgan fingerprint density at radius 1 is 1.45 bits per heavy atom. The summed E-state index contributed by atoms with van der Waals surface area (Å²) in [4.78, 5) is 22.5. The highest BCUT2D eigenvalue weighted by Gasteiger charge is 2.22. The summed E-state index contributed by atoms with van der Waals surface area (Å²) in [6, 6.07) is 5.58. The molecule has 0 fully saturated rings. The standard InChI is InChI=1S/C13H11ClN2O3S/c1-8(9-4-5-20-7-9)15-13(17)11-6-10(14)2-3-12(11)16(18)19/h2-8H,1H3,(H,15,17). The average Bonchev–Trinajstić information content (AvgIpc) is 2.92. The SMILES string of the molecule is CC(NC(=O)c1cc(Cl)ccc1[N+](=O)[O-])c1ccsc1. The summed E-state index contributed by atoms with van der Waals surface area (Å²) >= 11 is 7.32. The number of thiophene rings is 1. The Balaban J connectivity index is 2.25. The monoisotopic (exact) mass is 310 g/mol. The second-order valence-corrected chi connectivity index (χ2v) is 5.39. The molecule has 20 heavy (non-hydrogen) atoms. The molecule has 0 aliphatic heterocycles. The van der Waals surface area contributed by atoms with Crippen LogP contribution in [0.15, 0.2) is 35.0 Å². The van der Waals surface area contributed by atoms with E-state index in [4.69, 9.17) is 11.6 Å². The summed E-state index contributed by atoms with van der Waals surface area (Å²) in [5.74, 6) is -0.516. The molecule has 1 aromatic carbocycles. The number of nitro benzene ring substituents is 1. The van der Waals surface area contributed by atoms with Crippen molar-refractivity contribution in [1.29, 1.82) is 0 Å². The fourth-order valence-corrected chi connectivity index (χ4v) is 2.65. The van der Waals surface area contributed by atoms with E-state index < -0.39 is 10.8 Å². The number of carbonyl (C=O) groups excluding carboxylic acids is 1. The first-order chi connectivity index (χ1) is 9.49. The maximum Gasteiger partial charge on any atom is 0.282 e. The number of rotatable bonds is 4. The summed E-state index contributed by atoms with van der Waals surface area (Å²) in [5.41, 5.74) is 0.655. The maximum atomic E-state index is 12.2. The molecule has 7 heteroatoms. The van der Waals surface area contributed by atoms with Crippen molar-refractivity contribution in [2.45, 2.75) is 13.0 Å². The van der Waals surface area contributed by atoms with Crippen molar-refractivity contribution in [3.05, 3.63) is 61.3 Å². The molecule has 0 spiro atoms. The zero-order valence-corrected chi connectivity index (χ0v) is 12.1. The van der Waals surface area contributed by atoms with Crippen molar-refractivity contribution in [1.82, 2.24) is 5.32 Å². The van der Waals surface area contributed by atoms with Crippen LogP contribution in [0.5, 0.6) is 0 Å². The molecule has 1 unspecified atom stereocenters. The summed E-state index contributed by atoms with van der Waals surface area (Å²) < 4.78 is 0. The van der Waals surface area contributed by atoms with Gasteiger partial charge >= 0.3 is 0 Å². The Morgan fingerprint density at radius 3 is 2.80 bits per heavy atom. The summed E-state index contributed by atoms with van der Waals surface area (Å²) in [5, 5.41) is 17.8. The van der Waals surface area contributed by atoms with Crippen LogP contribution in [0.2, 0.25) is 5.02 Å². The zero-order chi connectivity index (χ0) is 14.7. The van der Waals surface area contributed by atoms with E-state index in [9.17, 15) is 14.9 Å². The van der Waals surface area contributed by atoms with Crippen LogP contribution in [-0.2, 0) is 0 Å². The molecule has 1 heterocycles. The molecular formula is C13H11ClN2O3S. The molecule has 1 N–H and O–H groups in total. The second kappa shape index (κ2) is 6.02. The number of halogens is 1. The lowest BCUT2D eigenvalue weighted by Gasteiger charge is -2.12. The van der Waals surface area contributed by atoms with Crippen molar-refractivity contribution in [2.24, 2.45) is 0 Å². The third-order valence-corrected chi connectivity index (χ3v) is 3.73. The number of nitro groups is 1. The maximum absolute atomic E-state index is 12.2. The molecule has 1 aromatic heterocycles. The van der Waals surface area contributed by atoms with E-state index in [0.29, 0.717) is 0 Å². The first kappa shape index (κ1) is 14.5. The molecular weight excluding hydrogens is 300 g/mol. The van der Waals surface area contributed by atoms with Crippen molar-refractivity contribution >= 4 is 34.5 Å². The fourth-order valence-electron chi connectivity index (χ4n) is 1.73. The Bertz CT molecular complexity index is 643. The lowest BCUT2D eigenvalue weighted by Crippen LogP contribution is -2.27. The number of nitrogens with zero attached hydrogens (tertiary/aromatic N) is 1. The van der Waals surface area contributed by atoms with Crippen LogP contribution in [-0.4, -0.2) is 10.8 Å². The first-order valence-corrected chi connectivity index (χ1v) is 7.08. The highest BCUT2D eigenvalue weighted by molar-refractivity contribution is 7.07. The van der Waals surface area contributed by atoms with Crippen molar-refractivity contribution in [2.75, 3.05) is 0 Å². The molecule has 0 radical (unpaired) electrons. The number of hydrogen-bond acceptors (Lipinski definition) is 4. The van der Waals surface area contributed by atoms with E-state index in [-0.39, 0.29) is 22.3 Å². The van der Waals surface area contributed by atoms with Gasteiger partial charge in [-0.05, 0) is 41.4 Å². The normalized spacial score (nSPS) is 11.9. The zero-order valence-electron chi connectivity index (χ0n) is 10.5. The van der Waals surface area contributed by atoms with Crippen molar-refractivity contribution in [3.8, 4) is 0 Å². The Hall–Kier alpha value is -1.92. The molecule has 0 bridgehead atoms. The third-order valence-electron chi connectivity index (χ3n) is 2.79. The van der Waals surface area contributed by atoms with Crippen LogP contribution in [0, 0.1) is 10.1 Å². The summed E-state index contributed by atoms with van der Waals surface area (Å²) in [6.07, 6.45) is 0. The van der Waals surface area contributed by atoms with Crippen LogP contribution in [0.4, 0.5) is 5.69 Å². The van der Waals surface area contributed by atoms with E-state index in [1.54, 1.807) is 0 Å². The topological polar surface area (TPSA) is 72.2 Å². The van der Waals surface area contributed by atoms with Gasteiger partial charge in [0.15, 0.2) is 0 Å². The van der Waals surface area contributed by atoms with Gasteiger partial charge in [0.25, 0.3) is 11.6 Å². The molecule has 2 rings (SSSR count). The van der Waals surface area contributed by atoms with E-state index in [1.807, 2.05) is 23.8 Å². The van der Waals surface area contributed by atoms with Crippen molar-refractivity contribution in [3.63, 3.8) is 0 Å². The highest BCUT2D eigenvalue weighted by Crippen LogP contribution is 2.24. The van der Waals surface area contributed by atoms with Crippen molar-refractivity contribution < 1.29 is 9.72 Å². The summed E-state index contributed by atoms with van der Waals surface area (Å²) in [6.45, 7) is 1.82. The average molecular weight is 311 g/mol. The lowest BCUT2D eigenvalue weighted by atomic mass is 10.1. The number of carbonyl (C=O) groups is 1. The molecule has 1 atom stereocenters. The van der Waals surface area contributed by atoms with Crippen LogP contribution >= 0.6 is 22.9 Å². The number of hydrogen-bond donors (Lipinski definition) is 1. The van der Waals surface area contributed by atoms with Gasteiger partial charge in [-0.2, -0.15) is 11.3 Å². The second-order valence-electron chi connectivity index (χ2n) is 4.17. The molecule has 1 amide bonds. The number of benzene rings is 1. The van der Waals surface area contributed by atoms with Gasteiger partial charge in [-0.25, -0.2) is 0 Å². The Morgan fingerprint density at radius 2 is 2.20 bits per heavy atom. The minimum absolute atomic E-state index is 0.0374.